The Morgan fingerprint density at radius 3 is 2.60 bits per heavy atom. The van der Waals surface area contributed by atoms with Crippen LogP contribution in [0.15, 0.2) is 28.7 Å². The Balaban J connectivity index is 2.16. The first-order chi connectivity index (χ1) is 9.81. The van der Waals surface area contributed by atoms with E-state index in [2.05, 4.69) is 42.7 Å². The molecule has 0 N–H and O–H groups in total. The van der Waals surface area contributed by atoms with E-state index in [1.165, 1.54) is 47.9 Å². The van der Waals surface area contributed by atoms with Crippen LogP contribution in [-0.2, 0) is 12.8 Å². The number of benzene rings is 1. The van der Waals surface area contributed by atoms with Gasteiger partial charge in [-0.25, -0.2) is 4.58 Å². The second-order valence-corrected chi connectivity index (χ2v) is 5.65. The monoisotopic (exact) mass is 270 g/mol. The third kappa shape index (κ3) is 2.52. The SMILES string of the molecule is CC[N+](CC)=c1ccc2cc3c(oc-2c1)CCCCC3. The van der Waals surface area contributed by atoms with Crippen LogP contribution in [0.5, 0.6) is 0 Å². The molecule has 3 aliphatic rings. The predicted octanol–water partition coefficient (Wildman–Crippen LogP) is 3.47. The predicted molar refractivity (Wildman–Crippen MR) is 82.9 cm³/mol. The molecule has 2 aliphatic carbocycles. The normalized spacial score (nSPS) is 14.9. The Kier molecular flexibility index (Phi) is 3.90. The van der Waals surface area contributed by atoms with Crippen molar-refractivity contribution >= 4 is 0 Å². The Labute approximate surface area is 121 Å². The molecule has 3 rings (SSSR count). The van der Waals surface area contributed by atoms with Crippen LogP contribution in [0.3, 0.4) is 0 Å². The Morgan fingerprint density at radius 1 is 1.00 bits per heavy atom. The first-order valence-corrected chi connectivity index (χ1v) is 7.95. The number of hydrogen-bond donors (Lipinski definition) is 0. The van der Waals surface area contributed by atoms with Gasteiger partial charge in [0.1, 0.15) is 24.6 Å². The molecule has 0 atom stereocenters. The molecule has 0 aromatic carbocycles. The molecule has 1 heterocycles. The zero-order chi connectivity index (χ0) is 13.9. The van der Waals surface area contributed by atoms with E-state index in [0.717, 1.165) is 25.3 Å². The van der Waals surface area contributed by atoms with Crippen molar-refractivity contribution in [1.82, 2.24) is 4.58 Å². The molecule has 0 saturated heterocycles. The average Bonchev–Trinajstić information content (AvgIpc) is 2.71. The van der Waals surface area contributed by atoms with Gasteiger partial charge in [0, 0.05) is 18.1 Å². The average molecular weight is 270 g/mol. The molecule has 0 aromatic rings. The minimum absolute atomic E-state index is 1.03. The largest absolute Gasteiger partial charge is 0.461 e. The van der Waals surface area contributed by atoms with Gasteiger partial charge in [-0.05, 0) is 50.8 Å². The fraction of sp³-hybridized carbons (Fsp3) is 0.500. The zero-order valence-electron chi connectivity index (χ0n) is 12.6. The molecule has 0 amide bonds. The second kappa shape index (κ2) is 5.82. The molecule has 0 unspecified atom stereocenters. The van der Waals surface area contributed by atoms with E-state index in [0.29, 0.717) is 0 Å². The van der Waals surface area contributed by atoms with Gasteiger partial charge in [-0.3, -0.25) is 0 Å². The smallest absolute Gasteiger partial charge is 0.203 e. The standard InChI is InChI=1S/C18H24NO/c1-3-19(4-2)16-11-10-15-12-14-8-6-5-7-9-17(14)20-18(15)13-16/h10-13H,3-9H2,1-2H3/q+1. The summed E-state index contributed by atoms with van der Waals surface area (Å²) in [4.78, 5) is 0. The lowest BCUT2D eigenvalue weighted by Crippen LogP contribution is -2.29. The molecule has 0 saturated carbocycles. The van der Waals surface area contributed by atoms with Crippen molar-refractivity contribution in [2.45, 2.75) is 46.0 Å². The number of nitrogens with zero attached hydrogens (tertiary/aromatic N) is 1. The molecular weight excluding hydrogens is 246 g/mol. The summed E-state index contributed by atoms with van der Waals surface area (Å²) in [6.45, 7) is 6.46. The van der Waals surface area contributed by atoms with Gasteiger partial charge in [-0.2, -0.15) is 0 Å². The van der Waals surface area contributed by atoms with Crippen molar-refractivity contribution in [3.05, 3.63) is 40.9 Å². The van der Waals surface area contributed by atoms with Crippen LogP contribution in [0, 0.1) is 0 Å². The van der Waals surface area contributed by atoms with E-state index < -0.39 is 0 Å². The fourth-order valence-electron chi connectivity index (χ4n) is 3.18. The number of fused-ring (bicyclic) bond motifs is 2. The lowest BCUT2D eigenvalue weighted by atomic mass is 10.0. The van der Waals surface area contributed by atoms with Gasteiger partial charge >= 0.3 is 0 Å². The zero-order valence-corrected chi connectivity index (χ0v) is 12.6. The van der Waals surface area contributed by atoms with E-state index in [-0.39, 0.29) is 0 Å². The molecule has 0 fully saturated rings. The Morgan fingerprint density at radius 2 is 1.80 bits per heavy atom. The summed E-state index contributed by atoms with van der Waals surface area (Å²) in [5.74, 6) is 2.25. The molecular formula is C18H24NO+. The third-order valence-corrected chi connectivity index (χ3v) is 4.40. The molecule has 106 valence electrons. The van der Waals surface area contributed by atoms with E-state index in [4.69, 9.17) is 4.42 Å². The summed E-state index contributed by atoms with van der Waals surface area (Å²) in [6.07, 6.45) is 6.15. The van der Waals surface area contributed by atoms with Crippen LogP contribution in [-0.4, -0.2) is 13.1 Å². The van der Waals surface area contributed by atoms with Crippen LogP contribution in [0.25, 0.3) is 11.3 Å². The van der Waals surface area contributed by atoms with Gasteiger partial charge in [0.2, 0.25) is 5.36 Å². The molecule has 0 bridgehead atoms. The minimum Gasteiger partial charge on any atom is -0.461 e. The minimum atomic E-state index is 1.03. The van der Waals surface area contributed by atoms with Crippen LogP contribution in [0.4, 0.5) is 0 Å². The Bertz CT molecular complexity index is 632. The van der Waals surface area contributed by atoms with Gasteiger partial charge in [0.05, 0.1) is 6.07 Å². The topological polar surface area (TPSA) is 16.1 Å². The summed E-state index contributed by atoms with van der Waals surface area (Å²) >= 11 is 0. The van der Waals surface area contributed by atoms with E-state index in [1.54, 1.807) is 0 Å². The molecule has 20 heavy (non-hydrogen) atoms. The highest BCUT2D eigenvalue weighted by Gasteiger charge is 2.15. The van der Waals surface area contributed by atoms with Gasteiger partial charge in [0.25, 0.3) is 0 Å². The van der Waals surface area contributed by atoms with Crippen molar-refractivity contribution in [2.75, 3.05) is 13.1 Å². The maximum absolute atomic E-state index is 6.22. The summed E-state index contributed by atoms with van der Waals surface area (Å²) < 4.78 is 8.58. The molecule has 1 aliphatic heterocycles. The second-order valence-electron chi connectivity index (χ2n) is 5.65. The maximum Gasteiger partial charge on any atom is 0.203 e. The molecule has 2 nitrogen and oxygen atoms in total. The number of rotatable bonds is 2. The Hall–Kier alpha value is -1.57. The number of hydrogen-bond acceptors (Lipinski definition) is 1. The summed E-state index contributed by atoms with van der Waals surface area (Å²) in [7, 11) is 0. The third-order valence-electron chi connectivity index (χ3n) is 4.40. The van der Waals surface area contributed by atoms with Crippen molar-refractivity contribution < 1.29 is 4.42 Å². The van der Waals surface area contributed by atoms with Gasteiger partial charge in [-0.15, -0.1) is 0 Å². The molecule has 0 radical (unpaired) electrons. The van der Waals surface area contributed by atoms with Crippen LogP contribution >= 0.6 is 0 Å². The van der Waals surface area contributed by atoms with E-state index >= 15 is 0 Å². The number of aryl methyl sites for hydroxylation is 2. The van der Waals surface area contributed by atoms with Gasteiger partial charge in [0.15, 0.2) is 0 Å². The van der Waals surface area contributed by atoms with Gasteiger partial charge in [-0.1, -0.05) is 6.42 Å². The highest BCUT2D eigenvalue weighted by atomic mass is 16.3. The van der Waals surface area contributed by atoms with E-state index in [9.17, 15) is 0 Å². The van der Waals surface area contributed by atoms with Crippen molar-refractivity contribution in [3.63, 3.8) is 0 Å². The highest BCUT2D eigenvalue weighted by molar-refractivity contribution is 5.59. The van der Waals surface area contributed by atoms with Crippen molar-refractivity contribution in [2.24, 2.45) is 0 Å². The molecule has 0 aromatic heterocycles. The summed E-state index contributed by atoms with van der Waals surface area (Å²) in [5, 5.41) is 1.26. The van der Waals surface area contributed by atoms with Crippen molar-refractivity contribution in [3.8, 4) is 11.3 Å². The maximum atomic E-state index is 6.22. The summed E-state index contributed by atoms with van der Waals surface area (Å²) in [5.41, 5.74) is 2.66. The van der Waals surface area contributed by atoms with Crippen LogP contribution in [0.1, 0.15) is 44.4 Å². The summed E-state index contributed by atoms with van der Waals surface area (Å²) in [6, 6.07) is 8.96. The van der Waals surface area contributed by atoms with Gasteiger partial charge < -0.3 is 4.42 Å². The fourth-order valence-corrected chi connectivity index (χ4v) is 3.18. The lowest BCUT2D eigenvalue weighted by Gasteiger charge is -2.11. The van der Waals surface area contributed by atoms with Crippen LogP contribution < -0.4 is 9.93 Å². The van der Waals surface area contributed by atoms with E-state index in [1.807, 2.05) is 0 Å². The highest BCUT2D eigenvalue weighted by Crippen LogP contribution is 2.28. The van der Waals surface area contributed by atoms with Crippen LogP contribution in [0.2, 0.25) is 0 Å². The quantitative estimate of drug-likeness (QED) is 0.603. The first-order valence-electron chi connectivity index (χ1n) is 7.95. The van der Waals surface area contributed by atoms with Crippen molar-refractivity contribution in [1.29, 1.82) is 0 Å². The molecule has 0 spiro atoms. The lowest BCUT2D eigenvalue weighted by molar-refractivity contribution is 0.494. The molecule has 2 heteroatoms. The first kappa shape index (κ1) is 13.4.